The number of hydrogen-bond acceptors (Lipinski definition) is 6. The number of nitrogens with zero attached hydrogens (tertiary/aromatic N) is 4. The average molecular weight is 302 g/mol. The van der Waals surface area contributed by atoms with E-state index in [0.717, 1.165) is 42.0 Å². The van der Waals surface area contributed by atoms with Crippen molar-refractivity contribution in [3.05, 3.63) is 30.6 Å². The summed E-state index contributed by atoms with van der Waals surface area (Å²) in [7, 11) is 0. The molecule has 0 N–H and O–H groups in total. The van der Waals surface area contributed by atoms with Gasteiger partial charge in [-0.2, -0.15) is 0 Å². The lowest BCUT2D eigenvalue weighted by Crippen LogP contribution is -2.44. The standard InChI is InChI=1S/C15H18N4OS/c1-11-10-20-7-6-19(11)14-8-13(17-15(18-14)21-2)12-4-3-5-16-9-12/h3-5,8-9,11H,6-7,10H2,1-2H3/t11-/m1/s1. The zero-order valence-electron chi connectivity index (χ0n) is 12.2. The lowest BCUT2D eigenvalue weighted by molar-refractivity contribution is 0.0984. The first-order chi connectivity index (χ1) is 10.3. The second-order valence-electron chi connectivity index (χ2n) is 4.96. The van der Waals surface area contributed by atoms with E-state index in [4.69, 9.17) is 4.74 Å². The zero-order valence-corrected chi connectivity index (χ0v) is 13.0. The summed E-state index contributed by atoms with van der Waals surface area (Å²) in [4.78, 5) is 15.7. The Morgan fingerprint density at radius 2 is 2.29 bits per heavy atom. The van der Waals surface area contributed by atoms with E-state index in [1.165, 1.54) is 0 Å². The molecule has 0 saturated carbocycles. The van der Waals surface area contributed by atoms with E-state index in [0.29, 0.717) is 6.04 Å². The van der Waals surface area contributed by atoms with Gasteiger partial charge in [-0.3, -0.25) is 4.98 Å². The fourth-order valence-corrected chi connectivity index (χ4v) is 2.76. The zero-order chi connectivity index (χ0) is 14.7. The Labute approximate surface area is 128 Å². The molecule has 0 radical (unpaired) electrons. The van der Waals surface area contributed by atoms with Crippen molar-refractivity contribution < 1.29 is 4.74 Å². The Balaban J connectivity index is 2.01. The Morgan fingerprint density at radius 3 is 3.00 bits per heavy atom. The number of anilines is 1. The second-order valence-corrected chi connectivity index (χ2v) is 5.73. The van der Waals surface area contributed by atoms with Gasteiger partial charge >= 0.3 is 0 Å². The number of thioether (sulfide) groups is 1. The first-order valence-electron chi connectivity index (χ1n) is 6.96. The van der Waals surface area contributed by atoms with Gasteiger partial charge in [0.2, 0.25) is 0 Å². The predicted octanol–water partition coefficient (Wildman–Crippen LogP) is 2.49. The number of rotatable bonds is 3. The van der Waals surface area contributed by atoms with Crippen LogP contribution in [0.15, 0.2) is 35.7 Å². The summed E-state index contributed by atoms with van der Waals surface area (Å²) in [6.07, 6.45) is 5.60. The summed E-state index contributed by atoms with van der Waals surface area (Å²) < 4.78 is 5.50. The van der Waals surface area contributed by atoms with E-state index in [1.807, 2.05) is 30.7 Å². The first-order valence-corrected chi connectivity index (χ1v) is 8.18. The van der Waals surface area contributed by atoms with Crippen molar-refractivity contribution in [1.29, 1.82) is 0 Å². The molecule has 0 amide bonds. The van der Waals surface area contributed by atoms with Crippen molar-refractivity contribution in [2.24, 2.45) is 0 Å². The van der Waals surface area contributed by atoms with Crippen LogP contribution in [0.5, 0.6) is 0 Å². The number of hydrogen-bond donors (Lipinski definition) is 0. The van der Waals surface area contributed by atoms with Crippen LogP contribution in [-0.4, -0.2) is 47.0 Å². The third-order valence-electron chi connectivity index (χ3n) is 3.49. The highest BCUT2D eigenvalue weighted by molar-refractivity contribution is 7.98. The molecule has 1 saturated heterocycles. The van der Waals surface area contributed by atoms with Crippen molar-refractivity contribution in [3.8, 4) is 11.3 Å². The van der Waals surface area contributed by atoms with E-state index in [9.17, 15) is 0 Å². The molecular weight excluding hydrogens is 284 g/mol. The molecule has 1 aliphatic rings. The Hall–Kier alpha value is -1.66. The van der Waals surface area contributed by atoms with Crippen LogP contribution >= 0.6 is 11.8 Å². The topological polar surface area (TPSA) is 51.1 Å². The maximum atomic E-state index is 5.50. The van der Waals surface area contributed by atoms with Crippen LogP contribution in [0.2, 0.25) is 0 Å². The molecule has 3 heterocycles. The second kappa shape index (κ2) is 6.41. The number of aromatic nitrogens is 3. The molecular formula is C15H18N4OS. The van der Waals surface area contributed by atoms with Crippen LogP contribution in [-0.2, 0) is 4.74 Å². The van der Waals surface area contributed by atoms with Gasteiger partial charge < -0.3 is 9.64 Å². The normalized spacial score (nSPS) is 18.8. The molecule has 21 heavy (non-hydrogen) atoms. The molecule has 1 fully saturated rings. The van der Waals surface area contributed by atoms with Gasteiger partial charge in [0.05, 0.1) is 24.9 Å². The Kier molecular flexibility index (Phi) is 4.36. The maximum Gasteiger partial charge on any atom is 0.189 e. The minimum Gasteiger partial charge on any atom is -0.377 e. The van der Waals surface area contributed by atoms with Crippen molar-refractivity contribution in [1.82, 2.24) is 15.0 Å². The largest absolute Gasteiger partial charge is 0.377 e. The van der Waals surface area contributed by atoms with Crippen LogP contribution < -0.4 is 4.90 Å². The Bertz CT molecular complexity index is 608. The molecule has 1 atom stereocenters. The average Bonchev–Trinajstić information content (AvgIpc) is 2.55. The third kappa shape index (κ3) is 3.16. The van der Waals surface area contributed by atoms with Gasteiger partial charge in [0, 0.05) is 30.6 Å². The number of pyridine rings is 1. The highest BCUT2D eigenvalue weighted by Crippen LogP contribution is 2.26. The molecule has 3 rings (SSSR count). The minimum atomic E-state index is 0.324. The van der Waals surface area contributed by atoms with E-state index in [-0.39, 0.29) is 0 Å². The fraction of sp³-hybridized carbons (Fsp3) is 0.400. The molecule has 0 bridgehead atoms. The van der Waals surface area contributed by atoms with Crippen molar-refractivity contribution in [2.75, 3.05) is 30.9 Å². The molecule has 0 aliphatic carbocycles. The summed E-state index contributed by atoms with van der Waals surface area (Å²) >= 11 is 1.56. The molecule has 1 aliphatic heterocycles. The summed E-state index contributed by atoms with van der Waals surface area (Å²) in [5.74, 6) is 0.962. The van der Waals surface area contributed by atoms with Gasteiger partial charge in [-0.1, -0.05) is 11.8 Å². The van der Waals surface area contributed by atoms with Crippen molar-refractivity contribution in [2.45, 2.75) is 18.1 Å². The molecule has 6 heteroatoms. The third-order valence-corrected chi connectivity index (χ3v) is 4.04. The minimum absolute atomic E-state index is 0.324. The smallest absolute Gasteiger partial charge is 0.189 e. The summed E-state index contributed by atoms with van der Waals surface area (Å²) in [6, 6.07) is 6.31. The molecule has 0 spiro atoms. The highest BCUT2D eigenvalue weighted by Gasteiger charge is 2.21. The van der Waals surface area contributed by atoms with Gasteiger partial charge in [-0.05, 0) is 25.3 Å². The molecule has 5 nitrogen and oxygen atoms in total. The van der Waals surface area contributed by atoms with E-state index in [2.05, 4.69) is 26.8 Å². The van der Waals surface area contributed by atoms with Gasteiger partial charge in [-0.15, -0.1) is 0 Å². The fourth-order valence-electron chi connectivity index (χ4n) is 2.38. The van der Waals surface area contributed by atoms with Crippen molar-refractivity contribution >= 4 is 17.6 Å². The molecule has 2 aromatic heterocycles. The van der Waals surface area contributed by atoms with E-state index < -0.39 is 0 Å². The SMILES string of the molecule is CSc1nc(-c2cccnc2)cc(N2CCOC[C@H]2C)n1. The van der Waals surface area contributed by atoms with Gasteiger partial charge in [0.1, 0.15) is 5.82 Å². The van der Waals surface area contributed by atoms with Crippen LogP contribution in [0.25, 0.3) is 11.3 Å². The van der Waals surface area contributed by atoms with E-state index >= 15 is 0 Å². The number of morpholine rings is 1. The predicted molar refractivity (Wildman–Crippen MR) is 84.7 cm³/mol. The summed E-state index contributed by atoms with van der Waals surface area (Å²) in [5.41, 5.74) is 1.92. The van der Waals surface area contributed by atoms with Crippen LogP contribution in [0.4, 0.5) is 5.82 Å². The first kappa shape index (κ1) is 14.3. The lowest BCUT2D eigenvalue weighted by atomic mass is 10.2. The van der Waals surface area contributed by atoms with Gasteiger partial charge in [0.15, 0.2) is 5.16 Å². The summed E-state index contributed by atoms with van der Waals surface area (Å²) in [6.45, 7) is 4.49. The molecule has 110 valence electrons. The van der Waals surface area contributed by atoms with Gasteiger partial charge in [-0.25, -0.2) is 9.97 Å². The van der Waals surface area contributed by atoms with E-state index in [1.54, 1.807) is 18.0 Å². The Morgan fingerprint density at radius 1 is 1.38 bits per heavy atom. The molecule has 0 unspecified atom stereocenters. The van der Waals surface area contributed by atoms with Gasteiger partial charge in [0.25, 0.3) is 0 Å². The monoisotopic (exact) mass is 302 g/mol. The number of ether oxygens (including phenoxy) is 1. The quantitative estimate of drug-likeness (QED) is 0.641. The van der Waals surface area contributed by atoms with Crippen LogP contribution in [0.1, 0.15) is 6.92 Å². The van der Waals surface area contributed by atoms with Crippen LogP contribution in [0.3, 0.4) is 0 Å². The summed E-state index contributed by atoms with van der Waals surface area (Å²) in [5, 5.41) is 0.782. The van der Waals surface area contributed by atoms with Crippen molar-refractivity contribution in [3.63, 3.8) is 0 Å². The molecule has 2 aromatic rings. The molecule has 0 aromatic carbocycles. The lowest BCUT2D eigenvalue weighted by Gasteiger charge is -2.34. The van der Waals surface area contributed by atoms with Crippen LogP contribution in [0, 0.1) is 0 Å². The maximum absolute atomic E-state index is 5.50. The highest BCUT2D eigenvalue weighted by atomic mass is 32.2.